The molecular weight excluding hydrogens is 226 g/mol. The van der Waals surface area contributed by atoms with Gasteiger partial charge in [-0.05, 0) is 29.2 Å². The van der Waals surface area contributed by atoms with Crippen LogP contribution in [0.3, 0.4) is 0 Å². The van der Waals surface area contributed by atoms with Crippen LogP contribution < -0.4 is 0 Å². The van der Waals surface area contributed by atoms with E-state index < -0.39 is 0 Å². The molecule has 1 aliphatic heterocycles. The van der Waals surface area contributed by atoms with Gasteiger partial charge in [-0.1, -0.05) is 36.4 Å². The number of nitriles is 1. The van der Waals surface area contributed by atoms with Gasteiger partial charge in [0.15, 0.2) is 0 Å². The van der Waals surface area contributed by atoms with E-state index in [1.54, 1.807) is 11.8 Å². The van der Waals surface area contributed by atoms with E-state index in [4.69, 9.17) is 5.26 Å². The summed E-state index contributed by atoms with van der Waals surface area (Å²) in [6, 6.07) is 16.8. The van der Waals surface area contributed by atoms with Gasteiger partial charge >= 0.3 is 0 Å². The van der Waals surface area contributed by atoms with Crippen LogP contribution in [-0.4, -0.2) is 0 Å². The fourth-order valence-corrected chi connectivity index (χ4v) is 3.38. The molecule has 1 nitrogen and oxygen atoms in total. The monoisotopic (exact) mass is 237 g/mol. The fourth-order valence-electron chi connectivity index (χ4n) is 2.21. The van der Waals surface area contributed by atoms with E-state index in [0.717, 1.165) is 22.6 Å². The Morgan fingerprint density at radius 1 is 0.941 bits per heavy atom. The van der Waals surface area contributed by atoms with E-state index >= 15 is 0 Å². The van der Waals surface area contributed by atoms with Crippen molar-refractivity contribution in [3.63, 3.8) is 0 Å². The van der Waals surface area contributed by atoms with Crippen molar-refractivity contribution in [2.45, 2.75) is 17.1 Å². The zero-order valence-electron chi connectivity index (χ0n) is 9.31. The largest absolute Gasteiger partial charge is 0.192 e. The molecule has 1 heterocycles. The van der Waals surface area contributed by atoms with Crippen molar-refractivity contribution in [3.05, 3.63) is 64.7 Å². The molecule has 0 saturated carbocycles. The number of fused-ring (bicyclic) bond motifs is 2. The second-order valence-corrected chi connectivity index (χ2v) is 5.13. The van der Waals surface area contributed by atoms with Crippen LogP contribution in [0.1, 0.15) is 22.3 Å². The third-order valence-electron chi connectivity index (χ3n) is 3.09. The van der Waals surface area contributed by atoms with Crippen molar-refractivity contribution >= 4 is 11.8 Å². The lowest BCUT2D eigenvalue weighted by Gasteiger charge is -2.06. The van der Waals surface area contributed by atoms with Crippen molar-refractivity contribution < 1.29 is 0 Å². The number of thioether (sulfide) groups is 1. The van der Waals surface area contributed by atoms with Crippen LogP contribution in [0.25, 0.3) is 0 Å². The Morgan fingerprint density at radius 3 is 2.53 bits per heavy atom. The quantitative estimate of drug-likeness (QED) is 0.696. The molecule has 0 unspecified atom stereocenters. The first-order valence-electron chi connectivity index (χ1n) is 5.60. The highest BCUT2D eigenvalue weighted by Gasteiger charge is 2.15. The summed E-state index contributed by atoms with van der Waals surface area (Å²) in [4.78, 5) is 1.16. The summed E-state index contributed by atoms with van der Waals surface area (Å²) < 4.78 is 0. The van der Waals surface area contributed by atoms with Crippen molar-refractivity contribution in [1.82, 2.24) is 0 Å². The molecule has 0 aromatic heterocycles. The first kappa shape index (κ1) is 10.4. The summed E-state index contributed by atoms with van der Waals surface area (Å²) in [6.45, 7) is 0. The van der Waals surface area contributed by atoms with E-state index in [1.807, 2.05) is 12.1 Å². The Balaban J connectivity index is 2.13. The van der Waals surface area contributed by atoms with Crippen LogP contribution in [0.4, 0.5) is 0 Å². The molecule has 17 heavy (non-hydrogen) atoms. The number of hydrogen-bond acceptors (Lipinski definition) is 2. The van der Waals surface area contributed by atoms with Gasteiger partial charge < -0.3 is 0 Å². The standard InChI is InChI=1S/C15H11NS/c16-9-13-7-3-6-12-8-11-4-1-2-5-14(11)10-17-15(12)13/h1-7H,8,10H2. The van der Waals surface area contributed by atoms with Crippen LogP contribution in [0.5, 0.6) is 0 Å². The van der Waals surface area contributed by atoms with Gasteiger partial charge in [-0.15, -0.1) is 11.8 Å². The molecule has 0 bridgehead atoms. The summed E-state index contributed by atoms with van der Waals surface area (Å²) in [5.41, 5.74) is 4.85. The Kier molecular flexibility index (Phi) is 2.62. The highest BCUT2D eigenvalue weighted by atomic mass is 32.2. The third-order valence-corrected chi connectivity index (χ3v) is 4.31. The molecule has 1 aliphatic rings. The smallest absolute Gasteiger partial charge is 0.100 e. The Morgan fingerprint density at radius 2 is 1.71 bits per heavy atom. The summed E-state index contributed by atoms with van der Waals surface area (Å²) in [5.74, 6) is 0.960. The lowest BCUT2D eigenvalue weighted by molar-refractivity contribution is 1.11. The third kappa shape index (κ3) is 1.83. The van der Waals surface area contributed by atoms with Crippen LogP contribution in [0.15, 0.2) is 47.4 Å². The van der Waals surface area contributed by atoms with Gasteiger partial charge in [0.05, 0.1) is 5.56 Å². The molecule has 2 heteroatoms. The van der Waals surface area contributed by atoms with Crippen molar-refractivity contribution in [2.75, 3.05) is 0 Å². The fraction of sp³-hybridized carbons (Fsp3) is 0.133. The van der Waals surface area contributed by atoms with Gasteiger partial charge in [-0.3, -0.25) is 0 Å². The topological polar surface area (TPSA) is 23.8 Å². The number of benzene rings is 2. The predicted octanol–water partition coefficient (Wildman–Crippen LogP) is 3.75. The second-order valence-electron chi connectivity index (χ2n) is 4.14. The lowest BCUT2D eigenvalue weighted by atomic mass is 9.99. The van der Waals surface area contributed by atoms with E-state index in [2.05, 4.69) is 36.4 Å². The van der Waals surface area contributed by atoms with Gasteiger partial charge in [0, 0.05) is 10.6 Å². The molecule has 0 aliphatic carbocycles. The zero-order chi connectivity index (χ0) is 11.7. The van der Waals surface area contributed by atoms with Gasteiger partial charge in [0.1, 0.15) is 6.07 Å². The summed E-state index contributed by atoms with van der Waals surface area (Å²) in [5, 5.41) is 9.14. The summed E-state index contributed by atoms with van der Waals surface area (Å²) in [7, 11) is 0. The summed E-state index contributed by atoms with van der Waals surface area (Å²) in [6.07, 6.45) is 0.939. The Bertz CT molecular complexity index is 611. The first-order valence-corrected chi connectivity index (χ1v) is 6.58. The minimum Gasteiger partial charge on any atom is -0.192 e. The maximum atomic E-state index is 9.14. The van der Waals surface area contributed by atoms with Gasteiger partial charge in [-0.25, -0.2) is 0 Å². The molecule has 0 amide bonds. The molecule has 3 rings (SSSR count). The molecule has 2 aromatic carbocycles. The van der Waals surface area contributed by atoms with Gasteiger partial charge in [0.25, 0.3) is 0 Å². The molecule has 82 valence electrons. The van der Waals surface area contributed by atoms with Crippen molar-refractivity contribution in [3.8, 4) is 6.07 Å². The molecule has 0 saturated heterocycles. The van der Waals surface area contributed by atoms with Crippen LogP contribution >= 0.6 is 11.8 Å². The van der Waals surface area contributed by atoms with Crippen LogP contribution in [-0.2, 0) is 12.2 Å². The highest BCUT2D eigenvalue weighted by molar-refractivity contribution is 7.98. The molecule has 2 aromatic rings. The predicted molar refractivity (Wildman–Crippen MR) is 70.0 cm³/mol. The minimum absolute atomic E-state index is 0.806. The maximum absolute atomic E-state index is 9.14. The van der Waals surface area contributed by atoms with Crippen molar-refractivity contribution in [1.29, 1.82) is 5.26 Å². The van der Waals surface area contributed by atoms with Crippen LogP contribution in [0.2, 0.25) is 0 Å². The normalized spacial score (nSPS) is 13.1. The Labute approximate surface area is 105 Å². The average molecular weight is 237 g/mol. The van der Waals surface area contributed by atoms with Gasteiger partial charge in [-0.2, -0.15) is 5.26 Å². The van der Waals surface area contributed by atoms with E-state index in [0.29, 0.717) is 0 Å². The molecule has 0 radical (unpaired) electrons. The highest BCUT2D eigenvalue weighted by Crippen LogP contribution is 2.35. The Hall–Kier alpha value is -1.72. The summed E-state index contributed by atoms with van der Waals surface area (Å²) >= 11 is 1.78. The molecule has 0 atom stereocenters. The number of nitrogens with zero attached hydrogens (tertiary/aromatic N) is 1. The van der Waals surface area contributed by atoms with E-state index in [-0.39, 0.29) is 0 Å². The second kappa shape index (κ2) is 4.27. The molecule has 0 N–H and O–H groups in total. The van der Waals surface area contributed by atoms with E-state index in [9.17, 15) is 0 Å². The van der Waals surface area contributed by atoms with Crippen molar-refractivity contribution in [2.24, 2.45) is 0 Å². The zero-order valence-corrected chi connectivity index (χ0v) is 10.1. The first-order chi connectivity index (χ1) is 8.38. The molecule has 0 fully saturated rings. The maximum Gasteiger partial charge on any atom is 0.100 e. The SMILES string of the molecule is N#Cc1cccc2c1SCc1ccccc1C2. The lowest BCUT2D eigenvalue weighted by Crippen LogP contribution is -1.92. The number of hydrogen-bond donors (Lipinski definition) is 0. The number of rotatable bonds is 0. The minimum atomic E-state index is 0.806. The van der Waals surface area contributed by atoms with Crippen LogP contribution in [0, 0.1) is 11.3 Å². The van der Waals surface area contributed by atoms with E-state index in [1.165, 1.54) is 16.7 Å². The molecular formula is C15H11NS. The molecule has 0 spiro atoms. The average Bonchev–Trinajstić information content (AvgIpc) is 2.57. The van der Waals surface area contributed by atoms with Gasteiger partial charge in [0.2, 0.25) is 0 Å².